The molecule has 0 spiro atoms. The van der Waals surface area contributed by atoms with E-state index in [2.05, 4.69) is 29.4 Å². The fourth-order valence-electron chi connectivity index (χ4n) is 2.73. The van der Waals surface area contributed by atoms with Gasteiger partial charge in [0.2, 0.25) is 0 Å². The maximum atomic E-state index is 12.6. The van der Waals surface area contributed by atoms with E-state index in [1.807, 2.05) is 18.2 Å². The molecule has 1 fully saturated rings. The Bertz CT molecular complexity index is 961. The van der Waals surface area contributed by atoms with Gasteiger partial charge in [-0.05, 0) is 17.9 Å². The number of hydrogen-bond donors (Lipinski definition) is 1. The van der Waals surface area contributed by atoms with Gasteiger partial charge in [-0.3, -0.25) is 14.0 Å². The van der Waals surface area contributed by atoms with Crippen LogP contribution in [0.5, 0.6) is 0 Å². The summed E-state index contributed by atoms with van der Waals surface area (Å²) in [7, 11) is 0. The molecule has 1 saturated carbocycles. The molecule has 2 heterocycles. The van der Waals surface area contributed by atoms with Gasteiger partial charge in [0, 0.05) is 29.7 Å². The maximum Gasteiger partial charge on any atom is 0.271 e. The Labute approximate surface area is 143 Å². The summed E-state index contributed by atoms with van der Waals surface area (Å²) in [6.07, 6.45) is 4.90. The summed E-state index contributed by atoms with van der Waals surface area (Å²) in [5.74, 6) is 0.166. The molecule has 6 heteroatoms. The number of benzene rings is 1. The summed E-state index contributed by atoms with van der Waals surface area (Å²) < 4.78 is 1.48. The molecule has 0 aliphatic heterocycles. The minimum atomic E-state index is -0.327. The molecular formula is C18H17N3O2S. The topological polar surface area (TPSA) is 63.5 Å². The molecule has 0 bridgehead atoms. The van der Waals surface area contributed by atoms with Crippen LogP contribution in [0.15, 0.2) is 47.5 Å². The molecule has 0 saturated heterocycles. The Morgan fingerprint density at radius 3 is 2.83 bits per heavy atom. The normalized spacial score (nSPS) is 19.4. The van der Waals surface area contributed by atoms with Crippen molar-refractivity contribution in [3.8, 4) is 0 Å². The van der Waals surface area contributed by atoms with Gasteiger partial charge in [-0.1, -0.05) is 37.3 Å². The third-order valence-corrected chi connectivity index (χ3v) is 5.34. The van der Waals surface area contributed by atoms with Crippen LogP contribution in [0.25, 0.3) is 4.96 Å². The fourth-order valence-corrected chi connectivity index (χ4v) is 3.71. The van der Waals surface area contributed by atoms with Crippen LogP contribution in [0, 0.1) is 5.92 Å². The van der Waals surface area contributed by atoms with Crippen molar-refractivity contribution in [3.63, 3.8) is 0 Å². The van der Waals surface area contributed by atoms with Gasteiger partial charge >= 0.3 is 0 Å². The van der Waals surface area contributed by atoms with Gasteiger partial charge in [0.1, 0.15) is 5.56 Å². The molecule has 0 radical (unpaired) electrons. The quantitative estimate of drug-likeness (QED) is 0.794. The first-order chi connectivity index (χ1) is 11.6. The first-order valence-corrected chi connectivity index (χ1v) is 8.78. The van der Waals surface area contributed by atoms with E-state index < -0.39 is 0 Å². The van der Waals surface area contributed by atoms with Crippen molar-refractivity contribution < 1.29 is 4.79 Å². The number of nitrogens with one attached hydrogen (secondary N) is 1. The van der Waals surface area contributed by atoms with Crippen LogP contribution >= 0.6 is 11.3 Å². The molecule has 1 aliphatic rings. The van der Waals surface area contributed by atoms with Crippen LogP contribution in [0.3, 0.4) is 0 Å². The minimum Gasteiger partial charge on any atom is -0.349 e. The van der Waals surface area contributed by atoms with Crippen LogP contribution in [0.2, 0.25) is 0 Å². The molecule has 2 atom stereocenters. The maximum absolute atomic E-state index is 12.6. The predicted octanol–water partition coefficient (Wildman–Crippen LogP) is 2.49. The molecule has 1 N–H and O–H groups in total. The molecule has 1 aliphatic carbocycles. The van der Waals surface area contributed by atoms with E-state index in [0.29, 0.717) is 10.9 Å². The average molecular weight is 339 g/mol. The van der Waals surface area contributed by atoms with E-state index in [-0.39, 0.29) is 23.1 Å². The summed E-state index contributed by atoms with van der Waals surface area (Å²) in [6, 6.07) is 10.3. The van der Waals surface area contributed by atoms with Crippen LogP contribution < -0.4 is 10.9 Å². The van der Waals surface area contributed by atoms with Crippen molar-refractivity contribution in [1.29, 1.82) is 0 Å². The van der Waals surface area contributed by atoms with E-state index in [0.717, 1.165) is 17.7 Å². The number of thiazole rings is 1. The molecule has 5 nitrogen and oxygen atoms in total. The third kappa shape index (κ3) is 2.85. The Morgan fingerprint density at radius 2 is 2.12 bits per heavy atom. The second-order valence-corrected chi connectivity index (χ2v) is 7.38. The highest BCUT2D eigenvalue weighted by atomic mass is 32.1. The van der Waals surface area contributed by atoms with Gasteiger partial charge < -0.3 is 5.32 Å². The fraction of sp³-hybridized carbons (Fsp3) is 0.278. The highest BCUT2D eigenvalue weighted by Gasteiger charge is 2.34. The second kappa shape index (κ2) is 5.87. The lowest BCUT2D eigenvalue weighted by Crippen LogP contribution is -2.33. The van der Waals surface area contributed by atoms with E-state index in [9.17, 15) is 9.59 Å². The lowest BCUT2D eigenvalue weighted by Gasteiger charge is -2.02. The summed E-state index contributed by atoms with van der Waals surface area (Å²) in [6.45, 7) is 2.08. The number of carbonyl (C=O) groups is 1. The lowest BCUT2D eigenvalue weighted by atomic mass is 10.1. The van der Waals surface area contributed by atoms with Gasteiger partial charge in [-0.2, -0.15) is 0 Å². The summed E-state index contributed by atoms with van der Waals surface area (Å²) in [5.41, 5.74) is 0.981. The molecule has 2 aromatic heterocycles. The molecule has 1 aromatic carbocycles. The Balaban J connectivity index is 1.63. The standard InChI is InChI=1S/C18H17N3O2S/c1-11-7-15(11)20-16(22)14-9-19-18-21(17(14)23)10-13(24-18)8-12-5-3-2-4-6-12/h2-6,9-11,15H,7-8H2,1H3,(H,20,22)/t11-,15+/m1/s1. The lowest BCUT2D eigenvalue weighted by molar-refractivity contribution is 0.0947. The number of rotatable bonds is 4. The predicted molar refractivity (Wildman–Crippen MR) is 93.6 cm³/mol. The van der Waals surface area contributed by atoms with Crippen molar-refractivity contribution in [2.45, 2.75) is 25.8 Å². The smallest absolute Gasteiger partial charge is 0.271 e. The summed E-state index contributed by atoms with van der Waals surface area (Å²) >= 11 is 1.47. The molecule has 3 aromatic rings. The number of hydrogen-bond acceptors (Lipinski definition) is 4. The molecule has 4 rings (SSSR count). The summed E-state index contributed by atoms with van der Waals surface area (Å²) in [5, 5.41) is 2.88. The Morgan fingerprint density at radius 1 is 1.38 bits per heavy atom. The van der Waals surface area contributed by atoms with Gasteiger partial charge in [0.15, 0.2) is 4.96 Å². The van der Waals surface area contributed by atoms with E-state index >= 15 is 0 Å². The zero-order valence-electron chi connectivity index (χ0n) is 13.2. The molecule has 1 amide bonds. The van der Waals surface area contributed by atoms with E-state index in [1.165, 1.54) is 27.5 Å². The molecular weight excluding hydrogens is 322 g/mol. The van der Waals surface area contributed by atoms with Crippen molar-refractivity contribution in [1.82, 2.24) is 14.7 Å². The van der Waals surface area contributed by atoms with Gasteiger partial charge in [0.25, 0.3) is 11.5 Å². The van der Waals surface area contributed by atoms with Crippen LogP contribution in [-0.2, 0) is 6.42 Å². The SMILES string of the molecule is C[C@@H]1C[C@@H]1NC(=O)c1cnc2sc(Cc3ccccc3)cn2c1=O. The number of fused-ring (bicyclic) bond motifs is 1. The van der Waals surface area contributed by atoms with Crippen LogP contribution in [0.4, 0.5) is 0 Å². The van der Waals surface area contributed by atoms with E-state index in [4.69, 9.17) is 0 Å². The van der Waals surface area contributed by atoms with E-state index in [1.54, 1.807) is 6.20 Å². The Hall–Kier alpha value is -2.47. The number of carbonyl (C=O) groups excluding carboxylic acids is 1. The first kappa shape index (κ1) is 15.1. The minimum absolute atomic E-state index is 0.107. The number of amides is 1. The monoisotopic (exact) mass is 339 g/mol. The van der Waals surface area contributed by atoms with Gasteiger partial charge in [-0.25, -0.2) is 4.98 Å². The average Bonchev–Trinajstić information content (AvgIpc) is 3.09. The highest BCUT2D eigenvalue weighted by Crippen LogP contribution is 2.29. The highest BCUT2D eigenvalue weighted by molar-refractivity contribution is 7.17. The van der Waals surface area contributed by atoms with Crippen molar-refractivity contribution in [3.05, 3.63) is 69.1 Å². The largest absolute Gasteiger partial charge is 0.349 e. The number of nitrogens with zero attached hydrogens (tertiary/aromatic N) is 2. The van der Waals surface area contributed by atoms with Gasteiger partial charge in [0.05, 0.1) is 0 Å². The number of aromatic nitrogens is 2. The molecule has 24 heavy (non-hydrogen) atoms. The summed E-state index contributed by atoms with van der Waals surface area (Å²) in [4.78, 5) is 30.8. The van der Waals surface area contributed by atoms with Crippen molar-refractivity contribution in [2.75, 3.05) is 0 Å². The van der Waals surface area contributed by atoms with Crippen molar-refractivity contribution >= 4 is 22.2 Å². The zero-order chi connectivity index (χ0) is 16.7. The molecule has 0 unspecified atom stereocenters. The Kier molecular flexibility index (Phi) is 3.69. The molecule has 122 valence electrons. The van der Waals surface area contributed by atoms with Crippen molar-refractivity contribution in [2.24, 2.45) is 5.92 Å². The third-order valence-electron chi connectivity index (χ3n) is 4.35. The van der Waals surface area contributed by atoms with Crippen LogP contribution in [0.1, 0.15) is 34.1 Å². The van der Waals surface area contributed by atoms with Crippen LogP contribution in [-0.4, -0.2) is 21.3 Å². The second-order valence-electron chi connectivity index (χ2n) is 6.28. The van der Waals surface area contributed by atoms with Gasteiger partial charge in [-0.15, -0.1) is 11.3 Å². The first-order valence-electron chi connectivity index (χ1n) is 7.96. The zero-order valence-corrected chi connectivity index (χ0v) is 14.0.